The van der Waals surface area contributed by atoms with Crippen LogP contribution in [0.4, 0.5) is 0 Å². The van der Waals surface area contributed by atoms with E-state index < -0.39 is 0 Å². The highest BCUT2D eigenvalue weighted by Crippen LogP contribution is 2.32. The molecule has 2 N–H and O–H groups in total. The quantitative estimate of drug-likeness (QED) is 0.885. The summed E-state index contributed by atoms with van der Waals surface area (Å²) in [4.78, 5) is 12.6. The molecule has 1 aromatic rings. The van der Waals surface area contributed by atoms with Crippen molar-refractivity contribution in [3.8, 4) is 0 Å². The lowest BCUT2D eigenvalue weighted by atomic mass is 9.76. The predicted molar refractivity (Wildman–Crippen MR) is 74.4 cm³/mol. The second kappa shape index (κ2) is 6.14. The molecule has 18 heavy (non-hydrogen) atoms. The molecular formula is C16H23NO. The molecular weight excluding hydrogens is 222 g/mol. The monoisotopic (exact) mass is 245 g/mol. The first-order chi connectivity index (χ1) is 8.72. The Morgan fingerprint density at radius 3 is 2.39 bits per heavy atom. The Morgan fingerprint density at radius 2 is 1.83 bits per heavy atom. The van der Waals surface area contributed by atoms with Crippen LogP contribution in [0.2, 0.25) is 0 Å². The van der Waals surface area contributed by atoms with Crippen molar-refractivity contribution in [2.24, 2.45) is 17.6 Å². The van der Waals surface area contributed by atoms with Gasteiger partial charge in [-0.25, -0.2) is 0 Å². The molecule has 0 amide bonds. The fourth-order valence-corrected chi connectivity index (χ4v) is 2.93. The Labute approximate surface area is 110 Å². The van der Waals surface area contributed by atoms with Crippen LogP contribution < -0.4 is 5.73 Å². The van der Waals surface area contributed by atoms with Gasteiger partial charge in [-0.3, -0.25) is 4.79 Å². The van der Waals surface area contributed by atoms with Gasteiger partial charge in [0.05, 0.1) is 5.92 Å². The van der Waals surface area contributed by atoms with E-state index in [1.165, 1.54) is 12.8 Å². The van der Waals surface area contributed by atoms with Gasteiger partial charge in [0.15, 0.2) is 0 Å². The Kier molecular flexibility index (Phi) is 4.54. The van der Waals surface area contributed by atoms with Crippen molar-refractivity contribution < 1.29 is 4.79 Å². The summed E-state index contributed by atoms with van der Waals surface area (Å²) >= 11 is 0. The summed E-state index contributed by atoms with van der Waals surface area (Å²) in [5.74, 6) is 1.26. The fraction of sp³-hybridized carbons (Fsp3) is 0.562. The average Bonchev–Trinajstić information content (AvgIpc) is 2.41. The highest BCUT2D eigenvalue weighted by atomic mass is 16.1. The minimum absolute atomic E-state index is 0.107. The smallest absolute Gasteiger partial charge is 0.144 e. The van der Waals surface area contributed by atoms with Crippen LogP contribution in [0.1, 0.15) is 44.1 Å². The molecule has 2 heteroatoms. The Bertz CT molecular complexity index is 379. The van der Waals surface area contributed by atoms with Crippen molar-refractivity contribution in [2.45, 2.75) is 38.5 Å². The first-order valence-electron chi connectivity index (χ1n) is 7.01. The second-order valence-electron chi connectivity index (χ2n) is 5.56. The van der Waals surface area contributed by atoms with Crippen molar-refractivity contribution in [2.75, 3.05) is 6.54 Å². The molecule has 1 fully saturated rings. The van der Waals surface area contributed by atoms with Crippen molar-refractivity contribution in [3.63, 3.8) is 0 Å². The highest BCUT2D eigenvalue weighted by Gasteiger charge is 2.29. The lowest BCUT2D eigenvalue weighted by Gasteiger charge is -2.28. The van der Waals surface area contributed by atoms with Crippen LogP contribution in [-0.2, 0) is 4.79 Å². The first-order valence-corrected chi connectivity index (χ1v) is 7.01. The van der Waals surface area contributed by atoms with E-state index in [0.29, 0.717) is 12.3 Å². The Morgan fingerprint density at radius 1 is 1.22 bits per heavy atom. The normalized spacial score (nSPS) is 25.7. The predicted octanol–water partition coefficient (Wildman–Crippen LogP) is 3.12. The second-order valence-corrected chi connectivity index (χ2v) is 5.56. The number of carbonyl (C=O) groups is 1. The number of hydrogen-bond acceptors (Lipinski definition) is 2. The molecule has 1 saturated carbocycles. The Hall–Kier alpha value is -1.15. The molecule has 98 valence electrons. The van der Waals surface area contributed by atoms with Gasteiger partial charge in [0.2, 0.25) is 0 Å². The summed E-state index contributed by atoms with van der Waals surface area (Å²) in [6, 6.07) is 9.97. The number of rotatable bonds is 4. The first kappa shape index (κ1) is 13.3. The molecule has 1 unspecified atom stereocenters. The van der Waals surface area contributed by atoms with Gasteiger partial charge < -0.3 is 5.73 Å². The van der Waals surface area contributed by atoms with Crippen LogP contribution in [0.15, 0.2) is 30.3 Å². The third-order valence-electron chi connectivity index (χ3n) is 4.20. The number of ketones is 1. The molecule has 0 radical (unpaired) electrons. The molecule has 0 spiro atoms. The van der Waals surface area contributed by atoms with Crippen LogP contribution in [0.5, 0.6) is 0 Å². The third-order valence-corrected chi connectivity index (χ3v) is 4.20. The summed E-state index contributed by atoms with van der Waals surface area (Å²) in [6.45, 7) is 2.70. The Balaban J connectivity index is 2.06. The van der Waals surface area contributed by atoms with Crippen molar-refractivity contribution in [1.29, 1.82) is 0 Å². The minimum atomic E-state index is -0.107. The summed E-state index contributed by atoms with van der Waals surface area (Å²) in [7, 11) is 0. The highest BCUT2D eigenvalue weighted by molar-refractivity contribution is 5.88. The lowest BCUT2D eigenvalue weighted by molar-refractivity contribution is -0.125. The zero-order chi connectivity index (χ0) is 13.0. The van der Waals surface area contributed by atoms with E-state index in [0.717, 1.165) is 24.3 Å². The molecule has 1 atom stereocenters. The zero-order valence-electron chi connectivity index (χ0n) is 11.1. The van der Waals surface area contributed by atoms with Crippen molar-refractivity contribution in [1.82, 2.24) is 0 Å². The lowest BCUT2D eigenvalue weighted by Crippen LogP contribution is -2.30. The van der Waals surface area contributed by atoms with Crippen LogP contribution >= 0.6 is 0 Å². The van der Waals surface area contributed by atoms with E-state index in [2.05, 4.69) is 6.92 Å². The molecule has 0 heterocycles. The SMILES string of the molecule is CC1CCC(C(=O)C(CN)c2ccccc2)CC1. The fourth-order valence-electron chi connectivity index (χ4n) is 2.93. The molecule has 1 aromatic carbocycles. The van der Waals surface area contributed by atoms with Crippen molar-refractivity contribution >= 4 is 5.78 Å². The van der Waals surface area contributed by atoms with Gasteiger partial charge in [0.1, 0.15) is 5.78 Å². The number of carbonyl (C=O) groups excluding carboxylic acids is 1. The minimum Gasteiger partial charge on any atom is -0.329 e. The summed E-state index contributed by atoms with van der Waals surface area (Å²) in [5, 5.41) is 0. The van der Waals surface area contributed by atoms with E-state index in [4.69, 9.17) is 5.73 Å². The summed E-state index contributed by atoms with van der Waals surface area (Å²) in [6.07, 6.45) is 4.46. The standard InChI is InChI=1S/C16H23NO/c1-12-7-9-14(10-8-12)16(18)15(11-17)13-5-3-2-4-6-13/h2-6,12,14-15H,7-11,17H2,1H3. The van der Waals surface area contributed by atoms with Gasteiger partial charge >= 0.3 is 0 Å². The molecule has 0 aliphatic heterocycles. The van der Waals surface area contributed by atoms with E-state index in [9.17, 15) is 4.79 Å². The van der Waals surface area contributed by atoms with E-state index in [-0.39, 0.29) is 11.8 Å². The third kappa shape index (κ3) is 2.99. The van der Waals surface area contributed by atoms with Crippen molar-refractivity contribution in [3.05, 3.63) is 35.9 Å². The van der Waals surface area contributed by atoms with Gasteiger partial charge in [-0.05, 0) is 24.3 Å². The zero-order valence-corrected chi connectivity index (χ0v) is 11.1. The maximum absolute atomic E-state index is 12.6. The van der Waals surface area contributed by atoms with Gasteiger partial charge in [-0.15, -0.1) is 0 Å². The summed E-state index contributed by atoms with van der Waals surface area (Å²) in [5.41, 5.74) is 6.89. The molecule has 0 bridgehead atoms. The number of benzene rings is 1. The van der Waals surface area contributed by atoms with Gasteiger partial charge in [-0.2, -0.15) is 0 Å². The van der Waals surface area contributed by atoms with E-state index >= 15 is 0 Å². The molecule has 0 aromatic heterocycles. The maximum atomic E-state index is 12.6. The molecule has 1 aliphatic carbocycles. The molecule has 2 rings (SSSR count). The molecule has 2 nitrogen and oxygen atoms in total. The number of nitrogens with two attached hydrogens (primary N) is 1. The van der Waals surface area contributed by atoms with Crippen LogP contribution in [0.3, 0.4) is 0 Å². The van der Waals surface area contributed by atoms with E-state index in [1.807, 2.05) is 30.3 Å². The number of Topliss-reactive ketones (excluding diaryl/α,β-unsaturated/α-hetero) is 1. The largest absolute Gasteiger partial charge is 0.329 e. The summed E-state index contributed by atoms with van der Waals surface area (Å²) < 4.78 is 0. The van der Waals surface area contributed by atoms with E-state index in [1.54, 1.807) is 0 Å². The van der Waals surface area contributed by atoms with Gasteiger partial charge in [0, 0.05) is 12.5 Å². The number of hydrogen-bond donors (Lipinski definition) is 1. The van der Waals surface area contributed by atoms with Crippen LogP contribution in [0, 0.1) is 11.8 Å². The van der Waals surface area contributed by atoms with Crippen LogP contribution in [-0.4, -0.2) is 12.3 Å². The van der Waals surface area contributed by atoms with Gasteiger partial charge in [0.25, 0.3) is 0 Å². The average molecular weight is 245 g/mol. The van der Waals surface area contributed by atoms with Crippen LogP contribution in [0.25, 0.3) is 0 Å². The molecule has 1 aliphatic rings. The molecule has 0 saturated heterocycles. The van der Waals surface area contributed by atoms with Gasteiger partial charge in [-0.1, -0.05) is 50.1 Å². The maximum Gasteiger partial charge on any atom is 0.144 e. The topological polar surface area (TPSA) is 43.1 Å².